The van der Waals surface area contributed by atoms with Crippen molar-refractivity contribution in [3.05, 3.63) is 40.5 Å². The number of hydrogen-bond donors (Lipinski definition) is 0. The molecule has 1 aromatic heterocycles. The molecule has 2 aromatic rings. The van der Waals surface area contributed by atoms with Gasteiger partial charge >= 0.3 is 0 Å². The Morgan fingerprint density at radius 3 is 2.93 bits per heavy atom. The van der Waals surface area contributed by atoms with E-state index in [0.29, 0.717) is 17.5 Å². The number of aromatic nitrogens is 1. The average molecular weight is 207 g/mol. The zero-order valence-electron chi connectivity index (χ0n) is 7.11. The van der Waals surface area contributed by atoms with E-state index in [4.69, 9.17) is 0 Å². The lowest BCUT2D eigenvalue weighted by atomic mass is 10.1. The van der Waals surface area contributed by atoms with Gasteiger partial charge in [0.25, 0.3) is 0 Å². The van der Waals surface area contributed by atoms with Crippen LogP contribution in [-0.2, 0) is 0 Å². The van der Waals surface area contributed by atoms with Crippen molar-refractivity contribution in [3.63, 3.8) is 0 Å². The highest BCUT2D eigenvalue weighted by atomic mass is 32.1. The maximum Gasteiger partial charge on any atom is 0.153 e. The molecule has 0 bridgehead atoms. The number of nitrogens with zero attached hydrogens (tertiary/aromatic N) is 1. The highest BCUT2D eigenvalue weighted by Crippen LogP contribution is 2.23. The monoisotopic (exact) mass is 207 g/mol. The number of hydrogen-bond acceptors (Lipinski definition) is 3. The summed E-state index contributed by atoms with van der Waals surface area (Å²) in [6.07, 6.45) is 0.518. The minimum absolute atomic E-state index is 0.0680. The predicted molar refractivity (Wildman–Crippen MR) is 52.9 cm³/mol. The second-order valence-electron chi connectivity index (χ2n) is 2.69. The average Bonchev–Trinajstić information content (AvgIpc) is 2.70. The van der Waals surface area contributed by atoms with Crippen LogP contribution in [0.25, 0.3) is 11.3 Å². The minimum atomic E-state index is -0.509. The molecule has 1 heterocycles. The summed E-state index contributed by atoms with van der Waals surface area (Å²) < 4.78 is 13.2. The van der Waals surface area contributed by atoms with Crippen LogP contribution in [0.4, 0.5) is 4.39 Å². The number of aldehydes is 1. The van der Waals surface area contributed by atoms with Crippen molar-refractivity contribution in [1.82, 2.24) is 4.98 Å². The van der Waals surface area contributed by atoms with Gasteiger partial charge in [0.1, 0.15) is 5.82 Å². The van der Waals surface area contributed by atoms with Crippen LogP contribution in [0.1, 0.15) is 10.4 Å². The molecule has 0 aliphatic carbocycles. The number of carbonyl (C=O) groups is 1. The molecule has 0 aliphatic heterocycles. The van der Waals surface area contributed by atoms with Gasteiger partial charge in [0.2, 0.25) is 0 Å². The van der Waals surface area contributed by atoms with Crippen LogP contribution in [0.15, 0.2) is 29.1 Å². The number of halogens is 1. The van der Waals surface area contributed by atoms with E-state index in [9.17, 15) is 9.18 Å². The number of rotatable bonds is 2. The van der Waals surface area contributed by atoms with Crippen LogP contribution in [0.3, 0.4) is 0 Å². The van der Waals surface area contributed by atoms with Crippen LogP contribution in [-0.4, -0.2) is 11.3 Å². The fourth-order valence-corrected chi connectivity index (χ4v) is 1.78. The highest BCUT2D eigenvalue weighted by molar-refractivity contribution is 7.07. The zero-order chi connectivity index (χ0) is 9.97. The summed E-state index contributed by atoms with van der Waals surface area (Å²) in [4.78, 5) is 14.7. The summed E-state index contributed by atoms with van der Waals surface area (Å²) in [5.74, 6) is -0.509. The van der Waals surface area contributed by atoms with Crippen LogP contribution < -0.4 is 0 Å². The highest BCUT2D eigenvalue weighted by Gasteiger charge is 2.09. The van der Waals surface area contributed by atoms with Crippen molar-refractivity contribution in [3.8, 4) is 11.3 Å². The molecule has 14 heavy (non-hydrogen) atoms. The summed E-state index contributed by atoms with van der Waals surface area (Å²) in [5.41, 5.74) is 2.89. The molecule has 0 N–H and O–H groups in total. The Hall–Kier alpha value is -1.55. The molecule has 0 saturated heterocycles. The molecule has 0 atom stereocenters. The Morgan fingerprint density at radius 2 is 2.29 bits per heavy atom. The van der Waals surface area contributed by atoms with E-state index in [1.807, 2.05) is 0 Å². The Morgan fingerprint density at radius 1 is 1.43 bits per heavy atom. The third-order valence-electron chi connectivity index (χ3n) is 1.88. The molecule has 0 aliphatic rings. The van der Waals surface area contributed by atoms with Gasteiger partial charge in [0, 0.05) is 10.9 Å². The van der Waals surface area contributed by atoms with E-state index in [-0.39, 0.29) is 5.56 Å². The van der Waals surface area contributed by atoms with Crippen LogP contribution >= 0.6 is 11.3 Å². The summed E-state index contributed by atoms with van der Waals surface area (Å²) in [6.45, 7) is 0. The van der Waals surface area contributed by atoms with Gasteiger partial charge in [0.05, 0.1) is 16.8 Å². The van der Waals surface area contributed by atoms with Gasteiger partial charge in [-0.2, -0.15) is 0 Å². The van der Waals surface area contributed by atoms with E-state index in [1.54, 1.807) is 23.0 Å². The van der Waals surface area contributed by atoms with E-state index in [2.05, 4.69) is 4.98 Å². The summed E-state index contributed by atoms with van der Waals surface area (Å²) in [5, 5.41) is 1.78. The summed E-state index contributed by atoms with van der Waals surface area (Å²) in [7, 11) is 0. The van der Waals surface area contributed by atoms with Gasteiger partial charge in [-0.25, -0.2) is 9.37 Å². The molecule has 2 nitrogen and oxygen atoms in total. The van der Waals surface area contributed by atoms with Gasteiger partial charge in [-0.1, -0.05) is 12.1 Å². The number of benzene rings is 1. The van der Waals surface area contributed by atoms with Crippen molar-refractivity contribution in [2.45, 2.75) is 0 Å². The molecule has 1 aromatic carbocycles. The van der Waals surface area contributed by atoms with Gasteiger partial charge in [0.15, 0.2) is 6.29 Å². The third kappa shape index (κ3) is 1.44. The first-order chi connectivity index (χ1) is 6.83. The second kappa shape index (κ2) is 3.67. The second-order valence-corrected chi connectivity index (χ2v) is 3.41. The SMILES string of the molecule is O=Cc1c(F)cccc1-c1cscn1. The molecule has 0 spiro atoms. The van der Waals surface area contributed by atoms with Gasteiger partial charge in [-0.3, -0.25) is 4.79 Å². The van der Waals surface area contributed by atoms with E-state index < -0.39 is 5.82 Å². The molecule has 4 heteroatoms. The first kappa shape index (κ1) is 9.02. The Labute approximate surface area is 84.0 Å². The van der Waals surface area contributed by atoms with Gasteiger partial charge < -0.3 is 0 Å². The zero-order valence-corrected chi connectivity index (χ0v) is 7.92. The number of thiazole rings is 1. The molecule has 0 saturated carbocycles. The fourth-order valence-electron chi connectivity index (χ4n) is 1.23. The normalized spacial score (nSPS) is 10.1. The lowest BCUT2D eigenvalue weighted by molar-refractivity contribution is 0.112. The molecule has 70 valence electrons. The maximum atomic E-state index is 13.2. The van der Waals surface area contributed by atoms with E-state index in [0.717, 1.165) is 0 Å². The first-order valence-corrected chi connectivity index (χ1v) is 4.89. The molecule has 0 amide bonds. The van der Waals surface area contributed by atoms with Crippen molar-refractivity contribution in [2.24, 2.45) is 0 Å². The Bertz CT molecular complexity index is 453. The van der Waals surface area contributed by atoms with Crippen molar-refractivity contribution in [2.75, 3.05) is 0 Å². The Balaban J connectivity index is 2.64. The van der Waals surface area contributed by atoms with E-state index >= 15 is 0 Å². The molecular formula is C10H6FNOS. The molecule has 0 fully saturated rings. The van der Waals surface area contributed by atoms with Crippen molar-refractivity contribution in [1.29, 1.82) is 0 Å². The van der Waals surface area contributed by atoms with Crippen LogP contribution in [0, 0.1) is 5.82 Å². The fraction of sp³-hybridized carbons (Fsp3) is 0. The van der Waals surface area contributed by atoms with Crippen molar-refractivity contribution >= 4 is 17.6 Å². The molecular weight excluding hydrogens is 201 g/mol. The van der Waals surface area contributed by atoms with Gasteiger partial charge in [-0.15, -0.1) is 11.3 Å². The number of carbonyl (C=O) groups excluding carboxylic acids is 1. The quantitative estimate of drug-likeness (QED) is 0.709. The topological polar surface area (TPSA) is 30.0 Å². The van der Waals surface area contributed by atoms with Crippen molar-refractivity contribution < 1.29 is 9.18 Å². The standard InChI is InChI=1S/C10H6FNOS/c11-9-3-1-2-7(8(9)4-13)10-5-14-6-12-10/h1-6H. The van der Waals surface area contributed by atoms with Crippen LogP contribution in [0.2, 0.25) is 0 Å². The van der Waals surface area contributed by atoms with E-state index in [1.165, 1.54) is 17.4 Å². The Kier molecular flexibility index (Phi) is 2.37. The van der Waals surface area contributed by atoms with Crippen LogP contribution in [0.5, 0.6) is 0 Å². The van der Waals surface area contributed by atoms with Gasteiger partial charge in [-0.05, 0) is 6.07 Å². The largest absolute Gasteiger partial charge is 0.298 e. The summed E-state index contributed by atoms with van der Waals surface area (Å²) >= 11 is 1.41. The predicted octanol–water partition coefficient (Wildman–Crippen LogP) is 2.76. The summed E-state index contributed by atoms with van der Waals surface area (Å²) in [6, 6.07) is 4.51. The maximum absolute atomic E-state index is 13.2. The minimum Gasteiger partial charge on any atom is -0.298 e. The smallest absolute Gasteiger partial charge is 0.153 e. The lowest BCUT2D eigenvalue weighted by Gasteiger charge is -2.01. The third-order valence-corrected chi connectivity index (χ3v) is 2.47. The lowest BCUT2D eigenvalue weighted by Crippen LogP contribution is -1.92. The molecule has 0 unspecified atom stereocenters. The first-order valence-electron chi connectivity index (χ1n) is 3.95. The molecule has 2 rings (SSSR count). The molecule has 0 radical (unpaired) electrons.